The molecule has 1 aliphatic rings. The van der Waals surface area contributed by atoms with E-state index in [4.69, 9.17) is 9.31 Å². The Balaban J connectivity index is 2.11. The van der Waals surface area contributed by atoms with Crippen LogP contribution < -0.4 is 0 Å². The van der Waals surface area contributed by atoms with E-state index in [0.717, 1.165) is 17.2 Å². The molecule has 1 fully saturated rings. The Morgan fingerprint density at radius 3 is 2.14 bits per heavy atom. The van der Waals surface area contributed by atoms with Crippen LogP contribution in [0.3, 0.4) is 0 Å². The van der Waals surface area contributed by atoms with Gasteiger partial charge in [0.25, 0.3) is 0 Å². The van der Waals surface area contributed by atoms with Gasteiger partial charge in [0, 0.05) is 4.47 Å². The third-order valence-corrected chi connectivity index (χ3v) is 5.10. The van der Waals surface area contributed by atoms with E-state index < -0.39 is 0 Å². The Bertz CT molecular complexity index is 480. The fraction of sp³-hybridized carbons (Fsp3) is 0.529. The van der Waals surface area contributed by atoms with Gasteiger partial charge >= 0.3 is 7.12 Å². The molecule has 0 aromatic heterocycles. The predicted molar refractivity (Wildman–Crippen MR) is 92.6 cm³/mol. The molecule has 1 atom stereocenters. The Labute approximate surface area is 137 Å². The van der Waals surface area contributed by atoms with Crippen molar-refractivity contribution in [1.82, 2.24) is 0 Å². The minimum atomic E-state index is -0.268. The van der Waals surface area contributed by atoms with Crippen LogP contribution in [0, 0.1) is 0 Å². The van der Waals surface area contributed by atoms with Gasteiger partial charge in [0.05, 0.1) is 11.2 Å². The molecule has 1 heterocycles. The molecule has 0 radical (unpaired) electrons. The van der Waals surface area contributed by atoms with E-state index in [9.17, 15) is 0 Å². The van der Waals surface area contributed by atoms with Crippen LogP contribution in [0.4, 0.5) is 0 Å². The average molecular weight is 351 g/mol. The summed E-state index contributed by atoms with van der Waals surface area (Å²) in [5.74, 6) is 0.366. The van der Waals surface area contributed by atoms with Crippen molar-refractivity contribution in [2.75, 3.05) is 0 Å². The average Bonchev–Trinajstić information content (AvgIpc) is 2.58. The van der Waals surface area contributed by atoms with Crippen molar-refractivity contribution in [3.8, 4) is 0 Å². The molecular weight excluding hydrogens is 327 g/mol. The quantitative estimate of drug-likeness (QED) is 0.536. The summed E-state index contributed by atoms with van der Waals surface area (Å²) >= 11 is 3.48. The van der Waals surface area contributed by atoms with Gasteiger partial charge < -0.3 is 9.31 Å². The van der Waals surface area contributed by atoms with Crippen LogP contribution in [0.25, 0.3) is 0 Å². The summed E-state index contributed by atoms with van der Waals surface area (Å²) in [6.07, 6.45) is 3.74. The van der Waals surface area contributed by atoms with E-state index in [0.29, 0.717) is 5.92 Å². The van der Waals surface area contributed by atoms with Crippen molar-refractivity contribution in [2.45, 2.75) is 57.6 Å². The molecule has 0 N–H and O–H groups in total. The first-order valence-electron chi connectivity index (χ1n) is 7.47. The molecule has 1 aromatic carbocycles. The highest BCUT2D eigenvalue weighted by atomic mass is 79.9. The molecule has 21 heavy (non-hydrogen) atoms. The van der Waals surface area contributed by atoms with Crippen LogP contribution in [-0.2, 0) is 9.31 Å². The lowest BCUT2D eigenvalue weighted by molar-refractivity contribution is 0.00578. The Morgan fingerprint density at radius 2 is 1.67 bits per heavy atom. The van der Waals surface area contributed by atoms with Gasteiger partial charge in [0.15, 0.2) is 0 Å². The monoisotopic (exact) mass is 350 g/mol. The van der Waals surface area contributed by atoms with Crippen LogP contribution in [0.15, 0.2) is 41.4 Å². The molecule has 0 aliphatic carbocycles. The van der Waals surface area contributed by atoms with Crippen LogP contribution in [0.2, 0.25) is 6.32 Å². The second-order valence-electron chi connectivity index (χ2n) is 6.69. The molecule has 4 heteroatoms. The van der Waals surface area contributed by atoms with Crippen molar-refractivity contribution in [2.24, 2.45) is 0 Å². The van der Waals surface area contributed by atoms with Crippen LogP contribution in [0.5, 0.6) is 0 Å². The normalized spacial score (nSPS) is 21.3. The van der Waals surface area contributed by atoms with Crippen molar-refractivity contribution < 1.29 is 9.31 Å². The van der Waals surface area contributed by atoms with Crippen molar-refractivity contribution >= 4 is 23.0 Å². The minimum absolute atomic E-state index is 0.163. The molecule has 1 aromatic rings. The first-order chi connectivity index (χ1) is 9.75. The van der Waals surface area contributed by atoms with Crippen LogP contribution in [-0.4, -0.2) is 18.3 Å². The maximum atomic E-state index is 6.12. The summed E-state index contributed by atoms with van der Waals surface area (Å²) in [5, 5.41) is 0. The summed E-state index contributed by atoms with van der Waals surface area (Å²) in [4.78, 5) is 0. The number of rotatable bonds is 5. The smallest absolute Gasteiger partial charge is 0.403 e. The molecule has 0 unspecified atom stereocenters. The first-order valence-corrected chi connectivity index (χ1v) is 8.26. The van der Waals surface area contributed by atoms with Gasteiger partial charge in [0.1, 0.15) is 0 Å². The Hall–Kier alpha value is -0.575. The third-order valence-electron chi connectivity index (χ3n) is 4.57. The van der Waals surface area contributed by atoms with E-state index in [1.165, 1.54) is 5.56 Å². The highest BCUT2D eigenvalue weighted by Gasteiger charge is 2.51. The summed E-state index contributed by atoms with van der Waals surface area (Å²) in [5.41, 5.74) is 0.763. The molecule has 1 saturated heterocycles. The molecule has 0 amide bonds. The molecule has 0 spiro atoms. The van der Waals surface area contributed by atoms with Crippen LogP contribution in [0.1, 0.15) is 45.6 Å². The van der Waals surface area contributed by atoms with Gasteiger partial charge in [-0.05, 0) is 64.1 Å². The van der Waals surface area contributed by atoms with E-state index in [1.807, 2.05) is 6.08 Å². The molecule has 0 saturated carbocycles. The number of hydrogen-bond acceptors (Lipinski definition) is 2. The van der Waals surface area contributed by atoms with Gasteiger partial charge in [-0.3, -0.25) is 0 Å². The van der Waals surface area contributed by atoms with Crippen LogP contribution >= 0.6 is 15.9 Å². The molecule has 1 aliphatic heterocycles. The van der Waals surface area contributed by atoms with Gasteiger partial charge in [0.2, 0.25) is 0 Å². The number of allylic oxidation sites excluding steroid dienone is 1. The Kier molecular flexibility index (Phi) is 5.01. The number of hydrogen-bond donors (Lipinski definition) is 0. The highest BCUT2D eigenvalue weighted by molar-refractivity contribution is 9.10. The third kappa shape index (κ3) is 3.79. The van der Waals surface area contributed by atoms with Crippen molar-refractivity contribution in [3.05, 3.63) is 47.0 Å². The van der Waals surface area contributed by atoms with Gasteiger partial charge in [-0.2, -0.15) is 0 Å². The summed E-state index contributed by atoms with van der Waals surface area (Å²) in [7, 11) is -0.163. The summed E-state index contributed by atoms with van der Waals surface area (Å²) in [6.45, 7) is 12.3. The zero-order valence-electron chi connectivity index (χ0n) is 13.4. The molecule has 0 bridgehead atoms. The lowest BCUT2D eigenvalue weighted by Gasteiger charge is -2.32. The zero-order chi connectivity index (χ0) is 15.7. The maximum absolute atomic E-state index is 6.12. The minimum Gasteiger partial charge on any atom is -0.403 e. The van der Waals surface area contributed by atoms with Gasteiger partial charge in [-0.15, -0.1) is 6.58 Å². The van der Waals surface area contributed by atoms with Gasteiger partial charge in [-0.1, -0.05) is 34.1 Å². The largest absolute Gasteiger partial charge is 0.458 e. The SMILES string of the molecule is C=CC[C@@H](CB1OC(C)(C)C(C)(C)O1)c1ccc(Br)cc1. The topological polar surface area (TPSA) is 18.5 Å². The van der Waals surface area contributed by atoms with E-state index in [2.05, 4.69) is 74.5 Å². The molecule has 114 valence electrons. The molecular formula is C17H24BBrO2. The number of halogens is 1. The number of benzene rings is 1. The highest BCUT2D eigenvalue weighted by Crippen LogP contribution is 2.40. The fourth-order valence-corrected chi connectivity index (χ4v) is 2.86. The lowest BCUT2D eigenvalue weighted by atomic mass is 9.73. The standard InChI is InChI=1S/C17H24BBrO2/c1-6-7-14(13-8-10-15(19)11-9-13)12-18-20-16(2,3)17(4,5)21-18/h6,8-11,14H,1,7,12H2,2-5H3/t14-/m0/s1. The fourth-order valence-electron chi connectivity index (χ4n) is 2.60. The Morgan fingerprint density at radius 1 is 1.14 bits per heavy atom. The summed E-state index contributed by atoms with van der Waals surface area (Å²) < 4.78 is 13.3. The van der Waals surface area contributed by atoms with E-state index >= 15 is 0 Å². The molecule has 2 nitrogen and oxygen atoms in total. The maximum Gasteiger partial charge on any atom is 0.458 e. The second-order valence-corrected chi connectivity index (χ2v) is 7.61. The lowest BCUT2D eigenvalue weighted by Crippen LogP contribution is -2.41. The van der Waals surface area contributed by atoms with Gasteiger partial charge in [-0.25, -0.2) is 0 Å². The first kappa shape index (κ1) is 16.8. The van der Waals surface area contributed by atoms with E-state index in [1.54, 1.807) is 0 Å². The second kappa shape index (κ2) is 6.27. The van der Waals surface area contributed by atoms with Crippen molar-refractivity contribution in [1.29, 1.82) is 0 Å². The molecule has 2 rings (SSSR count). The zero-order valence-corrected chi connectivity index (χ0v) is 14.9. The predicted octanol–water partition coefficient (Wildman–Crippen LogP) is 5.20. The van der Waals surface area contributed by atoms with Crippen molar-refractivity contribution in [3.63, 3.8) is 0 Å². The summed E-state index contributed by atoms with van der Waals surface area (Å²) in [6, 6.07) is 8.47. The van der Waals surface area contributed by atoms with E-state index in [-0.39, 0.29) is 18.3 Å².